The van der Waals surface area contributed by atoms with E-state index in [2.05, 4.69) is 5.32 Å². The molecule has 1 fully saturated rings. The summed E-state index contributed by atoms with van der Waals surface area (Å²) in [5, 5.41) is 13.5. The number of carbonyl (C=O) groups excluding carboxylic acids is 3. The van der Waals surface area contributed by atoms with Gasteiger partial charge in [-0.3, -0.25) is 25.0 Å². The molecule has 190 valence electrons. The standard InChI is InChI=1S/C25H20ClN3O8/c1-3-35-15-6-10-22(36-4-2)20(13-15)28-24(31)18(23(30)27-25(28)32)12-16-7-9-21(37-16)17-11-14(29(33)34)5-8-19(17)26/h5-13H,3-4H2,1-2H3,(H,27,30,32)/b18-12+. The van der Waals surface area contributed by atoms with Crippen LogP contribution >= 0.6 is 11.6 Å². The molecule has 1 aromatic heterocycles. The van der Waals surface area contributed by atoms with Crippen LogP contribution in [0.25, 0.3) is 17.4 Å². The van der Waals surface area contributed by atoms with Crippen molar-refractivity contribution < 1.29 is 33.2 Å². The highest BCUT2D eigenvalue weighted by molar-refractivity contribution is 6.39. The number of nitro benzene ring substituents is 1. The largest absolute Gasteiger partial charge is 0.494 e. The summed E-state index contributed by atoms with van der Waals surface area (Å²) < 4.78 is 16.8. The van der Waals surface area contributed by atoms with Crippen LogP contribution in [0.3, 0.4) is 0 Å². The zero-order valence-electron chi connectivity index (χ0n) is 19.6. The quantitative estimate of drug-likeness (QED) is 0.188. The fourth-order valence-electron chi connectivity index (χ4n) is 3.62. The number of amides is 4. The van der Waals surface area contributed by atoms with Crippen molar-refractivity contribution in [2.24, 2.45) is 0 Å². The minimum absolute atomic E-state index is 0.0819. The summed E-state index contributed by atoms with van der Waals surface area (Å²) in [5.74, 6) is -0.929. The molecule has 1 aliphatic rings. The number of hydrogen-bond acceptors (Lipinski definition) is 8. The first-order chi connectivity index (χ1) is 17.7. The van der Waals surface area contributed by atoms with E-state index in [0.717, 1.165) is 4.90 Å². The van der Waals surface area contributed by atoms with Crippen LogP contribution in [0.4, 0.5) is 16.2 Å². The number of hydrogen-bond donors (Lipinski definition) is 1. The molecule has 0 aliphatic carbocycles. The van der Waals surface area contributed by atoms with Gasteiger partial charge in [0.05, 0.1) is 28.8 Å². The maximum atomic E-state index is 13.4. The summed E-state index contributed by atoms with van der Waals surface area (Å²) >= 11 is 6.18. The molecule has 1 aliphatic heterocycles. The van der Waals surface area contributed by atoms with Crippen molar-refractivity contribution in [1.29, 1.82) is 0 Å². The van der Waals surface area contributed by atoms with Gasteiger partial charge in [-0.05, 0) is 50.3 Å². The van der Waals surface area contributed by atoms with Gasteiger partial charge in [-0.25, -0.2) is 9.69 Å². The normalized spacial score (nSPS) is 14.6. The highest BCUT2D eigenvalue weighted by Crippen LogP contribution is 2.36. The maximum Gasteiger partial charge on any atom is 0.336 e. The third kappa shape index (κ3) is 5.16. The van der Waals surface area contributed by atoms with E-state index in [4.69, 9.17) is 25.5 Å². The molecule has 4 rings (SSSR count). The van der Waals surface area contributed by atoms with Crippen LogP contribution in [0.5, 0.6) is 11.5 Å². The number of benzene rings is 2. The fourth-order valence-corrected chi connectivity index (χ4v) is 3.83. The Balaban J connectivity index is 1.72. The second-order valence-corrected chi connectivity index (χ2v) is 7.98. The fraction of sp³-hybridized carbons (Fsp3) is 0.160. The Morgan fingerprint density at radius 3 is 2.51 bits per heavy atom. The average molecular weight is 526 g/mol. The number of non-ortho nitro benzene ring substituents is 1. The van der Waals surface area contributed by atoms with Crippen LogP contribution in [-0.4, -0.2) is 36.0 Å². The van der Waals surface area contributed by atoms with Gasteiger partial charge in [-0.2, -0.15) is 0 Å². The van der Waals surface area contributed by atoms with Crippen LogP contribution in [0.15, 0.2) is 58.5 Å². The number of furan rings is 1. The molecule has 0 unspecified atom stereocenters. The highest BCUT2D eigenvalue weighted by atomic mass is 35.5. The summed E-state index contributed by atoms with van der Waals surface area (Å²) in [6.07, 6.45) is 1.17. The number of imide groups is 2. The average Bonchev–Trinajstić information content (AvgIpc) is 3.32. The molecular weight excluding hydrogens is 506 g/mol. The van der Waals surface area contributed by atoms with Crippen LogP contribution in [0.1, 0.15) is 19.6 Å². The molecule has 2 aromatic carbocycles. The number of carbonyl (C=O) groups is 3. The molecule has 12 heteroatoms. The Kier molecular flexibility index (Phi) is 7.25. The molecule has 2 heterocycles. The number of ether oxygens (including phenoxy) is 2. The van der Waals surface area contributed by atoms with Gasteiger partial charge in [-0.1, -0.05) is 11.6 Å². The van der Waals surface area contributed by atoms with Crippen LogP contribution < -0.4 is 19.7 Å². The monoisotopic (exact) mass is 525 g/mol. The van der Waals surface area contributed by atoms with E-state index in [0.29, 0.717) is 12.4 Å². The molecule has 37 heavy (non-hydrogen) atoms. The Morgan fingerprint density at radius 2 is 1.81 bits per heavy atom. The summed E-state index contributed by atoms with van der Waals surface area (Å²) in [7, 11) is 0. The van der Waals surface area contributed by atoms with Gasteiger partial charge in [0.25, 0.3) is 17.5 Å². The molecule has 0 saturated carbocycles. The number of nitro groups is 1. The maximum absolute atomic E-state index is 13.4. The van der Waals surface area contributed by atoms with Crippen molar-refractivity contribution in [2.75, 3.05) is 18.1 Å². The molecule has 4 amide bonds. The summed E-state index contributed by atoms with van der Waals surface area (Å²) in [5.41, 5.74) is -0.218. The Labute approximate surface area is 215 Å². The van der Waals surface area contributed by atoms with Gasteiger partial charge in [0.2, 0.25) is 0 Å². The first-order valence-electron chi connectivity index (χ1n) is 11.1. The van der Waals surface area contributed by atoms with Crippen molar-refractivity contribution in [3.63, 3.8) is 0 Å². The second kappa shape index (κ2) is 10.5. The van der Waals surface area contributed by atoms with Crippen LogP contribution in [0, 0.1) is 10.1 Å². The number of rotatable bonds is 8. The first kappa shape index (κ1) is 25.5. The van der Waals surface area contributed by atoms with Gasteiger partial charge in [-0.15, -0.1) is 0 Å². The molecule has 1 saturated heterocycles. The Morgan fingerprint density at radius 1 is 1.05 bits per heavy atom. The van der Waals surface area contributed by atoms with E-state index in [-0.39, 0.29) is 51.4 Å². The highest BCUT2D eigenvalue weighted by Gasteiger charge is 2.38. The Bertz CT molecular complexity index is 1450. The molecule has 11 nitrogen and oxygen atoms in total. The lowest BCUT2D eigenvalue weighted by atomic mass is 10.1. The third-order valence-electron chi connectivity index (χ3n) is 5.22. The first-order valence-corrected chi connectivity index (χ1v) is 11.5. The van der Waals surface area contributed by atoms with E-state index in [9.17, 15) is 24.5 Å². The van der Waals surface area contributed by atoms with Gasteiger partial charge in [0.1, 0.15) is 28.6 Å². The molecular formula is C25H20ClN3O8. The number of halogens is 1. The van der Waals surface area contributed by atoms with Crippen molar-refractivity contribution in [3.05, 3.63) is 75.0 Å². The lowest BCUT2D eigenvalue weighted by Gasteiger charge is -2.28. The number of nitrogens with one attached hydrogen (secondary N) is 1. The Hall–Kier alpha value is -4.64. The minimum Gasteiger partial charge on any atom is -0.494 e. The minimum atomic E-state index is -0.953. The summed E-state index contributed by atoms with van der Waals surface area (Å²) in [4.78, 5) is 50.0. The van der Waals surface area contributed by atoms with E-state index in [1.54, 1.807) is 26.0 Å². The number of nitrogens with zero attached hydrogens (tertiary/aromatic N) is 2. The summed E-state index contributed by atoms with van der Waals surface area (Å²) in [6.45, 7) is 4.15. The topological polar surface area (TPSA) is 141 Å². The van der Waals surface area contributed by atoms with E-state index in [1.165, 1.54) is 42.5 Å². The van der Waals surface area contributed by atoms with E-state index in [1.807, 2.05) is 0 Å². The number of barbiturate groups is 1. The molecule has 0 radical (unpaired) electrons. The van der Waals surface area contributed by atoms with Crippen molar-refractivity contribution >= 4 is 46.9 Å². The van der Waals surface area contributed by atoms with Gasteiger partial charge in [0, 0.05) is 23.8 Å². The SMILES string of the molecule is CCOc1ccc(OCC)c(N2C(=O)NC(=O)/C(=C\c3ccc(-c4cc([N+](=O)[O-])ccc4Cl)o3)C2=O)c1. The predicted octanol–water partition coefficient (Wildman–Crippen LogP) is 4.97. The molecule has 0 bridgehead atoms. The zero-order chi connectivity index (χ0) is 26.7. The lowest BCUT2D eigenvalue weighted by Crippen LogP contribution is -2.54. The third-order valence-corrected chi connectivity index (χ3v) is 5.55. The van der Waals surface area contributed by atoms with Crippen molar-refractivity contribution in [3.8, 4) is 22.8 Å². The van der Waals surface area contributed by atoms with Gasteiger partial charge >= 0.3 is 6.03 Å². The van der Waals surface area contributed by atoms with Crippen molar-refractivity contribution in [1.82, 2.24) is 5.32 Å². The lowest BCUT2D eigenvalue weighted by molar-refractivity contribution is -0.384. The number of anilines is 1. The molecule has 0 atom stereocenters. The van der Waals surface area contributed by atoms with E-state index >= 15 is 0 Å². The van der Waals surface area contributed by atoms with Crippen molar-refractivity contribution in [2.45, 2.75) is 13.8 Å². The predicted molar refractivity (Wildman–Crippen MR) is 134 cm³/mol. The van der Waals surface area contributed by atoms with E-state index < -0.39 is 22.8 Å². The molecule has 0 spiro atoms. The smallest absolute Gasteiger partial charge is 0.336 e. The van der Waals surface area contributed by atoms with Gasteiger partial charge in [0.15, 0.2) is 0 Å². The summed E-state index contributed by atoms with van der Waals surface area (Å²) in [6, 6.07) is 10.5. The molecule has 3 aromatic rings. The van der Waals surface area contributed by atoms with Crippen LogP contribution in [-0.2, 0) is 9.59 Å². The zero-order valence-corrected chi connectivity index (χ0v) is 20.4. The molecule has 1 N–H and O–H groups in total. The van der Waals surface area contributed by atoms with Gasteiger partial charge < -0.3 is 13.9 Å². The number of urea groups is 1. The second-order valence-electron chi connectivity index (χ2n) is 7.58. The van der Waals surface area contributed by atoms with Crippen LogP contribution in [0.2, 0.25) is 5.02 Å².